The van der Waals surface area contributed by atoms with Crippen LogP contribution in [-0.4, -0.2) is 95.3 Å². The molecule has 13 nitrogen and oxygen atoms in total. The van der Waals surface area contributed by atoms with Crippen LogP contribution in [0.2, 0.25) is 0 Å². The van der Waals surface area contributed by atoms with Crippen LogP contribution in [0.4, 0.5) is 0 Å². The van der Waals surface area contributed by atoms with Crippen molar-refractivity contribution >= 4 is 23.7 Å². The maximum Gasteiger partial charge on any atom is 0.333 e. The topological polar surface area (TPSA) is 181 Å². The van der Waals surface area contributed by atoms with Gasteiger partial charge >= 0.3 is 5.97 Å². The van der Waals surface area contributed by atoms with E-state index >= 15 is 0 Å². The monoisotopic (exact) mass is 508 g/mol. The number of benzene rings is 1. The highest BCUT2D eigenvalue weighted by Gasteiger charge is 2.34. The maximum atomic E-state index is 11.8. The van der Waals surface area contributed by atoms with Crippen molar-refractivity contribution in [3.63, 3.8) is 0 Å². The van der Waals surface area contributed by atoms with Gasteiger partial charge in [0.25, 0.3) is 11.8 Å². The van der Waals surface area contributed by atoms with Crippen molar-refractivity contribution in [2.75, 3.05) is 32.9 Å². The number of hydrogen-bond donors (Lipinski definition) is 4. The van der Waals surface area contributed by atoms with Crippen LogP contribution in [0.15, 0.2) is 30.4 Å². The van der Waals surface area contributed by atoms with E-state index in [9.17, 15) is 29.4 Å². The third-order valence-corrected chi connectivity index (χ3v) is 5.27. The van der Waals surface area contributed by atoms with E-state index in [-0.39, 0.29) is 52.4 Å². The van der Waals surface area contributed by atoms with Gasteiger partial charge in [0.15, 0.2) is 6.10 Å². The van der Waals surface area contributed by atoms with E-state index in [1.165, 1.54) is 6.07 Å². The summed E-state index contributed by atoms with van der Waals surface area (Å²) in [7, 11) is 0. The first-order chi connectivity index (χ1) is 17.3. The number of ether oxygens (including phenoxy) is 4. The number of nitrogens with zero attached hydrogens (tertiary/aromatic N) is 1. The van der Waals surface area contributed by atoms with Crippen molar-refractivity contribution < 1.29 is 53.4 Å². The molecule has 2 heterocycles. The van der Waals surface area contributed by atoms with Gasteiger partial charge in [-0.25, -0.2) is 4.79 Å². The van der Waals surface area contributed by atoms with Crippen LogP contribution in [-0.2, 0) is 35.3 Å². The first-order valence-electron chi connectivity index (χ1n) is 11.2. The molecule has 3 amide bonds. The van der Waals surface area contributed by atoms with E-state index < -0.39 is 42.2 Å². The van der Waals surface area contributed by atoms with Crippen molar-refractivity contribution in [1.29, 1.82) is 0 Å². The van der Waals surface area contributed by atoms with E-state index in [2.05, 4.69) is 5.32 Å². The number of carboxylic acid groups (broad SMARTS) is 1. The summed E-state index contributed by atoms with van der Waals surface area (Å²) in [6.45, 7) is -0.0447. The largest absolute Gasteiger partial charge is 0.491 e. The average Bonchev–Trinajstić information content (AvgIpc) is 3.15. The van der Waals surface area contributed by atoms with Crippen LogP contribution < -0.4 is 14.8 Å². The lowest BCUT2D eigenvalue weighted by Crippen LogP contribution is -2.42. The Bertz CT molecular complexity index is 978. The zero-order chi connectivity index (χ0) is 26.1. The van der Waals surface area contributed by atoms with Crippen molar-refractivity contribution in [3.8, 4) is 11.5 Å². The van der Waals surface area contributed by atoms with Gasteiger partial charge in [-0.3, -0.25) is 19.3 Å². The summed E-state index contributed by atoms with van der Waals surface area (Å²) in [4.78, 5) is 46.7. The molecule has 2 aliphatic rings. The number of amides is 3. The summed E-state index contributed by atoms with van der Waals surface area (Å²) in [5.74, 6) is -2.11. The molecule has 0 bridgehead atoms. The Labute approximate surface area is 206 Å². The Kier molecular flexibility index (Phi) is 9.76. The number of carboxylic acids is 1. The number of aliphatic hydroxyl groups excluding tert-OH is 2. The Balaban J connectivity index is 1.38. The van der Waals surface area contributed by atoms with E-state index in [0.717, 1.165) is 17.1 Å². The molecule has 196 valence electrons. The van der Waals surface area contributed by atoms with Gasteiger partial charge in [-0.2, -0.15) is 0 Å². The third kappa shape index (κ3) is 7.75. The molecule has 1 aromatic rings. The highest BCUT2D eigenvalue weighted by atomic mass is 16.7. The van der Waals surface area contributed by atoms with Crippen molar-refractivity contribution in [1.82, 2.24) is 10.2 Å². The van der Waals surface area contributed by atoms with Crippen LogP contribution in [0.3, 0.4) is 0 Å². The highest BCUT2D eigenvalue weighted by Crippen LogP contribution is 2.28. The molecule has 0 radical (unpaired) electrons. The Hall–Kier alpha value is -3.52. The summed E-state index contributed by atoms with van der Waals surface area (Å²) < 4.78 is 22.1. The first kappa shape index (κ1) is 27.1. The lowest BCUT2D eigenvalue weighted by atomic mass is 10.1. The Morgan fingerprint density at radius 3 is 2.56 bits per heavy atom. The van der Waals surface area contributed by atoms with E-state index in [1.54, 1.807) is 12.1 Å². The summed E-state index contributed by atoms with van der Waals surface area (Å²) in [6, 6.07) is 4.67. The number of hydrogen-bond acceptors (Lipinski definition) is 10. The van der Waals surface area contributed by atoms with E-state index in [4.69, 9.17) is 24.1 Å². The smallest absolute Gasteiger partial charge is 0.333 e. The molecule has 0 spiro atoms. The number of imide groups is 1. The fourth-order valence-electron chi connectivity index (χ4n) is 3.48. The SMILES string of the molecule is O=C(CN1C(=O)C=CC1=O)NCCOCCOc1cc(OC2CC(O)CC(C(=O)O)O2)ccc1CO. The van der Waals surface area contributed by atoms with Gasteiger partial charge in [-0.1, -0.05) is 0 Å². The molecule has 13 heteroatoms. The molecule has 0 aliphatic carbocycles. The summed E-state index contributed by atoms with van der Waals surface area (Å²) in [5, 5.41) is 31.1. The van der Waals surface area contributed by atoms with Gasteiger partial charge < -0.3 is 39.6 Å². The molecule has 1 aromatic carbocycles. The fourth-order valence-corrected chi connectivity index (χ4v) is 3.48. The number of carbonyl (C=O) groups is 4. The summed E-state index contributed by atoms with van der Waals surface area (Å²) in [6.07, 6.45) is -0.715. The molecule has 0 saturated carbocycles. The molecule has 1 saturated heterocycles. The molecule has 4 N–H and O–H groups in total. The van der Waals surface area contributed by atoms with Crippen LogP contribution in [0.5, 0.6) is 11.5 Å². The number of rotatable bonds is 13. The molecular weight excluding hydrogens is 480 g/mol. The van der Waals surface area contributed by atoms with E-state index in [0.29, 0.717) is 17.1 Å². The van der Waals surface area contributed by atoms with Gasteiger partial charge in [-0.05, 0) is 12.1 Å². The van der Waals surface area contributed by atoms with Gasteiger partial charge in [0.05, 0.1) is 25.9 Å². The number of aliphatic carboxylic acids is 1. The molecule has 3 unspecified atom stereocenters. The standard InChI is InChI=1S/C23H28N2O11/c26-13-14-1-2-16(35-22-10-15(27)9-18(36-22)23(31)32)11-17(14)34-8-7-33-6-5-24-19(28)12-25-20(29)3-4-21(25)30/h1-4,11,15,18,22,26-27H,5-10,12-13H2,(H,24,28)(H,31,32). The minimum Gasteiger partial charge on any atom is -0.491 e. The maximum absolute atomic E-state index is 11.8. The predicted octanol–water partition coefficient (Wildman–Crippen LogP) is -1.06. The first-order valence-corrected chi connectivity index (χ1v) is 11.2. The molecule has 1 fully saturated rings. The van der Waals surface area contributed by atoms with Crippen molar-refractivity contribution in [2.24, 2.45) is 0 Å². The van der Waals surface area contributed by atoms with Crippen LogP contribution in [0.25, 0.3) is 0 Å². The molecule has 36 heavy (non-hydrogen) atoms. The summed E-state index contributed by atoms with van der Waals surface area (Å²) in [5.41, 5.74) is 0.489. The molecular formula is C23H28N2O11. The second-order valence-electron chi connectivity index (χ2n) is 7.97. The zero-order valence-electron chi connectivity index (χ0n) is 19.3. The van der Waals surface area contributed by atoms with Crippen molar-refractivity contribution in [3.05, 3.63) is 35.9 Å². The van der Waals surface area contributed by atoms with Crippen LogP contribution in [0, 0.1) is 0 Å². The van der Waals surface area contributed by atoms with Crippen molar-refractivity contribution in [2.45, 2.75) is 37.9 Å². The van der Waals surface area contributed by atoms with E-state index in [1.807, 2.05) is 0 Å². The van der Waals surface area contributed by atoms with Gasteiger partial charge in [0.1, 0.15) is 24.7 Å². The quantitative estimate of drug-likeness (QED) is 0.188. The molecule has 3 atom stereocenters. The lowest BCUT2D eigenvalue weighted by Gasteiger charge is -2.31. The number of nitrogens with one attached hydrogen (secondary N) is 1. The second-order valence-corrected chi connectivity index (χ2v) is 7.97. The second kappa shape index (κ2) is 13.0. The van der Waals surface area contributed by atoms with Gasteiger partial charge in [0, 0.05) is 43.2 Å². The molecule has 2 aliphatic heterocycles. The predicted molar refractivity (Wildman–Crippen MR) is 120 cm³/mol. The Morgan fingerprint density at radius 1 is 1.11 bits per heavy atom. The molecule has 0 aromatic heterocycles. The lowest BCUT2D eigenvalue weighted by molar-refractivity contribution is -0.195. The molecule has 3 rings (SSSR count). The van der Waals surface area contributed by atoms with Crippen LogP contribution >= 0.6 is 0 Å². The zero-order valence-corrected chi connectivity index (χ0v) is 19.3. The van der Waals surface area contributed by atoms with Crippen LogP contribution in [0.1, 0.15) is 18.4 Å². The van der Waals surface area contributed by atoms with Gasteiger partial charge in [-0.15, -0.1) is 0 Å². The number of aliphatic hydroxyl groups is 2. The fraction of sp³-hybridized carbons (Fsp3) is 0.478. The third-order valence-electron chi connectivity index (χ3n) is 5.27. The summed E-state index contributed by atoms with van der Waals surface area (Å²) >= 11 is 0. The minimum atomic E-state index is -1.18. The Morgan fingerprint density at radius 2 is 1.86 bits per heavy atom. The average molecular weight is 508 g/mol. The minimum absolute atomic E-state index is 0.0219. The van der Waals surface area contributed by atoms with Gasteiger partial charge in [0.2, 0.25) is 12.2 Å². The highest BCUT2D eigenvalue weighted by molar-refractivity contribution is 6.14. The number of carbonyl (C=O) groups excluding carboxylic acids is 3. The normalized spacial score (nSPS) is 21.5.